The number of nitrogens with two attached hydrogens (primary N) is 1. The molecule has 136 valence electrons. The molecule has 2 aromatic rings. The van der Waals surface area contributed by atoms with Crippen molar-refractivity contribution in [1.29, 1.82) is 0 Å². The van der Waals surface area contributed by atoms with Crippen molar-refractivity contribution in [3.05, 3.63) is 58.9 Å². The van der Waals surface area contributed by atoms with Gasteiger partial charge in [0.25, 0.3) is 16.2 Å². The lowest BCUT2D eigenvalue weighted by atomic mass is 10.1. The van der Waals surface area contributed by atoms with E-state index in [0.717, 1.165) is 35.2 Å². The van der Waals surface area contributed by atoms with Crippen LogP contribution in [0.3, 0.4) is 0 Å². The van der Waals surface area contributed by atoms with E-state index in [1.165, 1.54) is 6.07 Å². The first-order valence-corrected chi connectivity index (χ1v) is 9.61. The number of nitrogens with one attached hydrogen (secondary N) is 2. The molecule has 26 heavy (non-hydrogen) atoms. The largest absolute Gasteiger partial charge is 0.460 e. The van der Waals surface area contributed by atoms with Gasteiger partial charge in [0.15, 0.2) is 0 Å². The number of hydrogen-bond acceptors (Lipinski definition) is 4. The Morgan fingerprint density at radius 1 is 1.23 bits per heavy atom. The average Bonchev–Trinajstić information content (AvgIpc) is 2.95. The molecule has 1 heterocycles. The van der Waals surface area contributed by atoms with E-state index in [1.54, 1.807) is 30.3 Å². The maximum atomic E-state index is 13.3. The van der Waals surface area contributed by atoms with Crippen LogP contribution >= 0.6 is 0 Å². The van der Waals surface area contributed by atoms with Gasteiger partial charge >= 0.3 is 0 Å². The van der Waals surface area contributed by atoms with Crippen LogP contribution in [0.5, 0.6) is 0 Å². The molecule has 0 radical (unpaired) electrons. The molecule has 0 amide bonds. The molecule has 7 nitrogen and oxygen atoms in total. The topological polar surface area (TPSA) is 106 Å². The van der Waals surface area contributed by atoms with Crippen LogP contribution in [0.25, 0.3) is 0 Å². The zero-order chi connectivity index (χ0) is 18.3. The number of ether oxygens (including phenoxy) is 1. The lowest BCUT2D eigenvalue weighted by Crippen LogP contribution is -2.24. The predicted octanol–water partition coefficient (Wildman–Crippen LogP) is 2.43. The fourth-order valence-corrected chi connectivity index (χ4v) is 3.72. The van der Waals surface area contributed by atoms with Gasteiger partial charge in [-0.2, -0.15) is 8.42 Å². The van der Waals surface area contributed by atoms with Gasteiger partial charge < -0.3 is 10.1 Å². The number of fused-ring (bicyclic) bond motifs is 2. The minimum atomic E-state index is -3.82. The predicted molar refractivity (Wildman–Crippen MR) is 96.5 cm³/mol. The Bertz CT molecular complexity index is 1010. The summed E-state index contributed by atoms with van der Waals surface area (Å²) in [6.45, 7) is 0.254. The minimum absolute atomic E-state index is 0.0713. The molecule has 1 aliphatic carbocycles. The molecule has 1 atom stereocenters. The van der Waals surface area contributed by atoms with Crippen molar-refractivity contribution >= 4 is 27.6 Å². The molecule has 4 N–H and O–H groups in total. The summed E-state index contributed by atoms with van der Waals surface area (Å²) in [4.78, 5) is 4.62. The Morgan fingerprint density at radius 3 is 2.88 bits per heavy atom. The van der Waals surface area contributed by atoms with E-state index in [-0.39, 0.29) is 18.5 Å². The Kier molecular flexibility index (Phi) is 4.04. The molecule has 0 spiro atoms. The smallest absolute Gasteiger partial charge is 0.296 e. The van der Waals surface area contributed by atoms with Gasteiger partial charge in [-0.25, -0.2) is 14.5 Å². The monoisotopic (exact) mass is 376 g/mol. The maximum Gasteiger partial charge on any atom is 0.296 e. The second-order valence-electron chi connectivity index (χ2n) is 6.26. The zero-order valence-corrected chi connectivity index (χ0v) is 14.5. The average molecular weight is 376 g/mol. The summed E-state index contributed by atoms with van der Waals surface area (Å²) in [5, 5.41) is 8.08. The highest BCUT2D eigenvalue weighted by molar-refractivity contribution is 7.90. The number of nitrogens with zero attached hydrogens (tertiary/aromatic N) is 1. The van der Waals surface area contributed by atoms with E-state index in [0.29, 0.717) is 11.7 Å². The molecule has 2 aromatic carbocycles. The first kappa shape index (κ1) is 16.8. The van der Waals surface area contributed by atoms with Crippen LogP contribution in [-0.2, 0) is 28.0 Å². The number of aryl methyl sites for hydroxylation is 1. The molecule has 0 aromatic heterocycles. The number of anilines is 2. The van der Waals surface area contributed by atoms with Gasteiger partial charge in [0.1, 0.15) is 12.4 Å². The van der Waals surface area contributed by atoms with Crippen LogP contribution < -0.4 is 15.2 Å². The molecule has 0 bridgehead atoms. The van der Waals surface area contributed by atoms with Crippen molar-refractivity contribution in [2.75, 3.05) is 10.0 Å². The normalized spacial score (nSPS) is 20.1. The summed E-state index contributed by atoms with van der Waals surface area (Å²) in [6, 6.07) is 10.1. The molecule has 0 saturated carbocycles. The lowest BCUT2D eigenvalue weighted by molar-refractivity contribution is 0.282. The van der Waals surface area contributed by atoms with Gasteiger partial charge in [0.2, 0.25) is 0 Å². The molecule has 2 aliphatic rings. The highest BCUT2D eigenvalue weighted by Gasteiger charge is 2.24. The molecule has 1 aliphatic heterocycles. The SMILES string of the molecule is NS(=O)(=O)Nc1ccc2c(c1)COC(=NC1CCc3cc(F)ccc31)N2. The van der Waals surface area contributed by atoms with E-state index in [9.17, 15) is 12.8 Å². The number of aliphatic imine (C=N–C) groups is 1. The van der Waals surface area contributed by atoms with Crippen LogP contribution in [0, 0.1) is 5.82 Å². The van der Waals surface area contributed by atoms with Crippen molar-refractivity contribution in [1.82, 2.24) is 0 Å². The van der Waals surface area contributed by atoms with E-state index in [1.807, 2.05) is 0 Å². The highest BCUT2D eigenvalue weighted by atomic mass is 32.2. The summed E-state index contributed by atoms with van der Waals surface area (Å²) in [6.07, 6.45) is 1.59. The fraction of sp³-hybridized carbons (Fsp3) is 0.235. The van der Waals surface area contributed by atoms with Crippen LogP contribution in [0.15, 0.2) is 41.4 Å². The molecule has 9 heteroatoms. The molecule has 4 rings (SSSR count). The summed E-state index contributed by atoms with van der Waals surface area (Å²) in [5.41, 5.74) is 3.93. The van der Waals surface area contributed by atoms with Crippen molar-refractivity contribution < 1.29 is 17.5 Å². The van der Waals surface area contributed by atoms with Crippen LogP contribution in [0.2, 0.25) is 0 Å². The third-order valence-corrected chi connectivity index (χ3v) is 4.92. The van der Waals surface area contributed by atoms with Gasteiger partial charge in [-0.05, 0) is 54.3 Å². The molecule has 0 saturated heterocycles. The summed E-state index contributed by atoms with van der Waals surface area (Å²) in [7, 11) is -3.82. The van der Waals surface area contributed by atoms with E-state index in [2.05, 4.69) is 15.0 Å². The quantitative estimate of drug-likeness (QED) is 0.765. The number of amidine groups is 1. The van der Waals surface area contributed by atoms with Gasteiger partial charge in [-0.1, -0.05) is 6.07 Å². The molecular weight excluding hydrogens is 359 g/mol. The Morgan fingerprint density at radius 2 is 2.08 bits per heavy atom. The molecular formula is C17H17FN4O3S. The fourth-order valence-electron chi connectivity index (χ4n) is 3.27. The van der Waals surface area contributed by atoms with Gasteiger partial charge in [0, 0.05) is 11.3 Å². The number of benzene rings is 2. The molecule has 1 unspecified atom stereocenters. The zero-order valence-electron chi connectivity index (χ0n) is 13.7. The second-order valence-corrected chi connectivity index (χ2v) is 7.56. The van der Waals surface area contributed by atoms with Crippen LogP contribution in [0.1, 0.15) is 29.2 Å². The third-order valence-electron chi connectivity index (χ3n) is 4.40. The summed E-state index contributed by atoms with van der Waals surface area (Å²) >= 11 is 0. The number of halogens is 1. The van der Waals surface area contributed by atoms with Crippen molar-refractivity contribution in [2.45, 2.75) is 25.5 Å². The number of hydrogen-bond donors (Lipinski definition) is 3. The van der Waals surface area contributed by atoms with Gasteiger partial charge in [0.05, 0.1) is 11.7 Å². The lowest BCUT2D eigenvalue weighted by Gasteiger charge is -2.22. The van der Waals surface area contributed by atoms with Crippen molar-refractivity contribution in [3.63, 3.8) is 0 Å². The second kappa shape index (κ2) is 6.26. The summed E-state index contributed by atoms with van der Waals surface area (Å²) < 4.78 is 43.4. The van der Waals surface area contributed by atoms with E-state index in [4.69, 9.17) is 9.88 Å². The first-order chi connectivity index (χ1) is 12.4. The van der Waals surface area contributed by atoms with E-state index >= 15 is 0 Å². The third kappa shape index (κ3) is 3.49. The van der Waals surface area contributed by atoms with E-state index < -0.39 is 10.2 Å². The van der Waals surface area contributed by atoms with Crippen LogP contribution in [0.4, 0.5) is 15.8 Å². The number of rotatable bonds is 3. The standard InChI is InChI=1S/C17H17FN4O3S/c18-12-2-4-14-10(7-12)1-5-16(14)21-17-20-15-6-3-13(22-26(19,23)24)8-11(15)9-25-17/h2-4,6-8,16,22H,1,5,9H2,(H,20,21)(H2,19,23,24). The summed E-state index contributed by atoms with van der Waals surface area (Å²) in [5.74, 6) is -0.234. The highest BCUT2D eigenvalue weighted by Crippen LogP contribution is 2.35. The van der Waals surface area contributed by atoms with Gasteiger partial charge in [-0.15, -0.1) is 0 Å². The van der Waals surface area contributed by atoms with Crippen LogP contribution in [-0.4, -0.2) is 14.4 Å². The molecule has 0 fully saturated rings. The first-order valence-electron chi connectivity index (χ1n) is 8.07. The Balaban J connectivity index is 1.54. The Hall–Kier alpha value is -2.65. The maximum absolute atomic E-state index is 13.3. The van der Waals surface area contributed by atoms with Crippen molar-refractivity contribution in [3.8, 4) is 0 Å². The Labute approximate surface area is 150 Å². The van der Waals surface area contributed by atoms with Gasteiger partial charge in [-0.3, -0.25) is 4.72 Å². The minimum Gasteiger partial charge on any atom is -0.460 e. The van der Waals surface area contributed by atoms with Crippen molar-refractivity contribution in [2.24, 2.45) is 10.1 Å².